The van der Waals surface area contributed by atoms with Crippen molar-refractivity contribution in [3.8, 4) is 0 Å². The molecular formula is C21H19NO3. The number of carboxylic acids is 1. The van der Waals surface area contributed by atoms with Crippen molar-refractivity contribution in [2.75, 3.05) is 0 Å². The molecule has 0 aromatic heterocycles. The van der Waals surface area contributed by atoms with E-state index >= 15 is 0 Å². The van der Waals surface area contributed by atoms with E-state index in [0.29, 0.717) is 0 Å². The Hall–Kier alpha value is -3.14. The fourth-order valence-corrected chi connectivity index (χ4v) is 2.83. The molecule has 25 heavy (non-hydrogen) atoms. The molecule has 1 atom stereocenters. The van der Waals surface area contributed by atoms with Gasteiger partial charge in [-0.2, -0.15) is 0 Å². The van der Waals surface area contributed by atoms with Gasteiger partial charge in [-0.15, -0.1) is 0 Å². The Balaban J connectivity index is 1.70. The number of carboxylic acid groups (broad SMARTS) is 1. The lowest BCUT2D eigenvalue weighted by Crippen LogP contribution is -2.43. The second-order valence-corrected chi connectivity index (χ2v) is 6.01. The maximum Gasteiger partial charge on any atom is 0.326 e. The zero-order valence-corrected chi connectivity index (χ0v) is 13.7. The molecule has 3 rings (SSSR count). The molecule has 0 aliphatic rings. The largest absolute Gasteiger partial charge is 0.480 e. The highest BCUT2D eigenvalue weighted by atomic mass is 16.4. The molecule has 0 unspecified atom stereocenters. The van der Waals surface area contributed by atoms with E-state index in [1.54, 1.807) is 0 Å². The SMILES string of the molecule is O=C(Cc1ccccc1)N[C@@H](Cc1ccc2ccccc2c1)C(=O)O. The molecule has 0 fully saturated rings. The first-order valence-corrected chi connectivity index (χ1v) is 8.15. The van der Waals surface area contributed by atoms with Crippen molar-refractivity contribution in [2.24, 2.45) is 0 Å². The predicted octanol–water partition coefficient (Wildman–Crippen LogP) is 3.19. The Morgan fingerprint density at radius 2 is 1.52 bits per heavy atom. The van der Waals surface area contributed by atoms with E-state index in [9.17, 15) is 14.7 Å². The summed E-state index contributed by atoms with van der Waals surface area (Å²) in [5, 5.41) is 14.2. The molecule has 0 heterocycles. The molecule has 3 aromatic rings. The maximum atomic E-state index is 12.2. The van der Waals surface area contributed by atoms with Gasteiger partial charge in [0.05, 0.1) is 6.42 Å². The molecule has 3 aromatic carbocycles. The van der Waals surface area contributed by atoms with Crippen LogP contribution in [0.25, 0.3) is 10.8 Å². The molecule has 0 aliphatic carbocycles. The lowest BCUT2D eigenvalue weighted by atomic mass is 10.0. The average molecular weight is 333 g/mol. The molecule has 1 amide bonds. The van der Waals surface area contributed by atoms with E-state index < -0.39 is 12.0 Å². The zero-order chi connectivity index (χ0) is 17.6. The van der Waals surface area contributed by atoms with Crippen molar-refractivity contribution < 1.29 is 14.7 Å². The van der Waals surface area contributed by atoms with Gasteiger partial charge < -0.3 is 10.4 Å². The monoisotopic (exact) mass is 333 g/mol. The van der Waals surface area contributed by atoms with Gasteiger partial charge in [-0.05, 0) is 21.9 Å². The summed E-state index contributed by atoms with van der Waals surface area (Å²) < 4.78 is 0. The van der Waals surface area contributed by atoms with Crippen LogP contribution in [0.4, 0.5) is 0 Å². The van der Waals surface area contributed by atoms with Gasteiger partial charge in [0.15, 0.2) is 0 Å². The van der Waals surface area contributed by atoms with Crippen LogP contribution in [0.2, 0.25) is 0 Å². The highest BCUT2D eigenvalue weighted by Gasteiger charge is 2.20. The fourth-order valence-electron chi connectivity index (χ4n) is 2.83. The van der Waals surface area contributed by atoms with Gasteiger partial charge in [0.25, 0.3) is 0 Å². The number of aliphatic carboxylic acids is 1. The smallest absolute Gasteiger partial charge is 0.326 e. The van der Waals surface area contributed by atoms with E-state index in [2.05, 4.69) is 5.32 Å². The summed E-state index contributed by atoms with van der Waals surface area (Å²) in [6, 6.07) is 22.1. The van der Waals surface area contributed by atoms with E-state index in [0.717, 1.165) is 21.9 Å². The average Bonchev–Trinajstić information content (AvgIpc) is 2.62. The first kappa shape index (κ1) is 16.7. The van der Waals surface area contributed by atoms with Crippen LogP contribution in [0, 0.1) is 0 Å². The second-order valence-electron chi connectivity index (χ2n) is 6.01. The summed E-state index contributed by atoms with van der Waals surface area (Å²) in [5.41, 5.74) is 1.74. The summed E-state index contributed by atoms with van der Waals surface area (Å²) in [7, 11) is 0. The zero-order valence-electron chi connectivity index (χ0n) is 13.7. The van der Waals surface area contributed by atoms with E-state index in [4.69, 9.17) is 0 Å². The van der Waals surface area contributed by atoms with Gasteiger partial charge in [0.1, 0.15) is 6.04 Å². The first-order chi connectivity index (χ1) is 12.1. The normalized spacial score (nSPS) is 11.8. The Labute approximate surface area is 146 Å². The number of carbonyl (C=O) groups excluding carboxylic acids is 1. The van der Waals surface area contributed by atoms with Crippen LogP contribution in [0.15, 0.2) is 72.8 Å². The minimum Gasteiger partial charge on any atom is -0.480 e. The third-order valence-electron chi connectivity index (χ3n) is 4.09. The molecular weight excluding hydrogens is 314 g/mol. The minimum absolute atomic E-state index is 0.169. The molecule has 4 heteroatoms. The van der Waals surface area contributed by atoms with E-state index in [1.165, 1.54) is 0 Å². The summed E-state index contributed by atoms with van der Waals surface area (Å²) in [4.78, 5) is 23.7. The molecule has 0 saturated carbocycles. The van der Waals surface area contributed by atoms with Crippen molar-refractivity contribution in [3.63, 3.8) is 0 Å². The molecule has 126 valence electrons. The standard InChI is InChI=1S/C21H19NO3/c23-20(14-15-6-2-1-3-7-15)22-19(21(24)25)13-16-10-11-17-8-4-5-9-18(17)12-16/h1-12,19H,13-14H2,(H,22,23)(H,24,25)/t19-/m0/s1. The van der Waals surface area contributed by atoms with Crippen LogP contribution < -0.4 is 5.32 Å². The van der Waals surface area contributed by atoms with Crippen LogP contribution in [-0.4, -0.2) is 23.0 Å². The molecule has 0 aliphatic heterocycles. The van der Waals surface area contributed by atoms with Gasteiger partial charge in [0.2, 0.25) is 5.91 Å². The van der Waals surface area contributed by atoms with Crippen LogP contribution in [-0.2, 0) is 22.4 Å². The summed E-state index contributed by atoms with van der Waals surface area (Å²) in [6.45, 7) is 0. The van der Waals surface area contributed by atoms with Crippen molar-refractivity contribution in [1.29, 1.82) is 0 Å². The van der Waals surface area contributed by atoms with E-state index in [-0.39, 0.29) is 18.7 Å². The van der Waals surface area contributed by atoms with Crippen LogP contribution in [0.1, 0.15) is 11.1 Å². The number of rotatable bonds is 6. The quantitative estimate of drug-likeness (QED) is 0.728. The van der Waals surface area contributed by atoms with Gasteiger partial charge in [0, 0.05) is 6.42 Å². The number of amides is 1. The number of fused-ring (bicyclic) bond motifs is 1. The van der Waals surface area contributed by atoms with Crippen molar-refractivity contribution in [3.05, 3.63) is 83.9 Å². The lowest BCUT2D eigenvalue weighted by molar-refractivity contribution is -0.141. The molecule has 0 radical (unpaired) electrons. The predicted molar refractivity (Wildman–Crippen MR) is 97.4 cm³/mol. The third-order valence-corrected chi connectivity index (χ3v) is 4.09. The second kappa shape index (κ2) is 7.62. The highest BCUT2D eigenvalue weighted by Crippen LogP contribution is 2.17. The number of hydrogen-bond donors (Lipinski definition) is 2. The third kappa shape index (κ3) is 4.44. The highest BCUT2D eigenvalue weighted by molar-refractivity contribution is 5.86. The lowest BCUT2D eigenvalue weighted by Gasteiger charge is -2.15. The molecule has 2 N–H and O–H groups in total. The number of nitrogens with one attached hydrogen (secondary N) is 1. The molecule has 0 saturated heterocycles. The summed E-state index contributed by atoms with van der Waals surface area (Å²) in [5.74, 6) is -1.33. The minimum atomic E-state index is -1.03. The Bertz CT molecular complexity index is 890. The molecule has 4 nitrogen and oxygen atoms in total. The Kier molecular flexibility index (Phi) is 5.09. The number of benzene rings is 3. The number of hydrogen-bond acceptors (Lipinski definition) is 2. The van der Waals surface area contributed by atoms with Gasteiger partial charge in [-0.1, -0.05) is 72.8 Å². The van der Waals surface area contributed by atoms with Crippen molar-refractivity contribution >= 4 is 22.6 Å². The summed E-state index contributed by atoms with van der Waals surface area (Å²) >= 11 is 0. The van der Waals surface area contributed by atoms with E-state index in [1.807, 2.05) is 72.8 Å². The number of carbonyl (C=O) groups is 2. The van der Waals surface area contributed by atoms with Crippen LogP contribution >= 0.6 is 0 Å². The van der Waals surface area contributed by atoms with Crippen molar-refractivity contribution in [1.82, 2.24) is 5.32 Å². The first-order valence-electron chi connectivity index (χ1n) is 8.15. The fraction of sp³-hybridized carbons (Fsp3) is 0.143. The Morgan fingerprint density at radius 1 is 0.840 bits per heavy atom. The Morgan fingerprint density at radius 3 is 2.24 bits per heavy atom. The van der Waals surface area contributed by atoms with Crippen LogP contribution in [0.5, 0.6) is 0 Å². The molecule has 0 spiro atoms. The maximum absolute atomic E-state index is 12.2. The van der Waals surface area contributed by atoms with Crippen LogP contribution in [0.3, 0.4) is 0 Å². The summed E-state index contributed by atoms with van der Waals surface area (Å²) in [6.07, 6.45) is 0.420. The van der Waals surface area contributed by atoms with Gasteiger partial charge in [-0.25, -0.2) is 4.79 Å². The molecule has 0 bridgehead atoms. The van der Waals surface area contributed by atoms with Crippen molar-refractivity contribution in [2.45, 2.75) is 18.9 Å². The van der Waals surface area contributed by atoms with Gasteiger partial charge >= 0.3 is 5.97 Å². The topological polar surface area (TPSA) is 66.4 Å². The van der Waals surface area contributed by atoms with Gasteiger partial charge in [-0.3, -0.25) is 4.79 Å².